The molecule has 0 aromatic rings. The van der Waals surface area contributed by atoms with Crippen LogP contribution in [0.2, 0.25) is 0 Å². The second kappa shape index (κ2) is 77.8. The minimum atomic E-state index is 0. The summed E-state index contributed by atoms with van der Waals surface area (Å²) in [7, 11) is 0. The summed E-state index contributed by atoms with van der Waals surface area (Å²) in [5.74, 6) is 0. The fourth-order valence-corrected chi connectivity index (χ4v) is 0.340. The Hall–Kier alpha value is -0.232. The quantitative estimate of drug-likeness (QED) is 0.594. The molecule has 0 bridgehead atoms. The van der Waals surface area contributed by atoms with Crippen molar-refractivity contribution in [1.82, 2.24) is 0 Å². The molecule has 0 aromatic carbocycles. The van der Waals surface area contributed by atoms with Crippen LogP contribution in [0.5, 0.6) is 0 Å². The molecule has 0 radical (unpaired) electrons. The van der Waals surface area contributed by atoms with E-state index in [4.69, 9.17) is 10.5 Å². The fraction of sp³-hybridized carbons (Fsp3) is 0.364. The zero-order valence-electron chi connectivity index (χ0n) is 9.32. The molecule has 2 nitrogen and oxygen atoms in total. The number of allylic oxidation sites excluding steroid dienone is 4. The van der Waals surface area contributed by atoms with Crippen molar-refractivity contribution in [3.63, 3.8) is 0 Å². The zero-order valence-corrected chi connectivity index (χ0v) is 12.3. The van der Waals surface area contributed by atoms with Gasteiger partial charge in [0.05, 0.1) is 0 Å². The van der Waals surface area contributed by atoms with Gasteiger partial charge in [0.25, 0.3) is 0 Å². The summed E-state index contributed by atoms with van der Waals surface area (Å²) in [5, 5.41) is 0. The van der Waals surface area contributed by atoms with Crippen LogP contribution >= 0.6 is 0 Å². The van der Waals surface area contributed by atoms with E-state index in [2.05, 4.69) is 32.9 Å². The van der Waals surface area contributed by atoms with E-state index < -0.39 is 0 Å². The fourth-order valence-electron chi connectivity index (χ4n) is 0.340. The number of rotatable bonds is 0. The maximum Gasteiger partial charge on any atom is 0 e. The first-order valence-electron chi connectivity index (χ1n) is 4.02. The van der Waals surface area contributed by atoms with E-state index in [1.807, 2.05) is 12.2 Å². The van der Waals surface area contributed by atoms with E-state index in [1.165, 1.54) is 0 Å². The van der Waals surface area contributed by atoms with Gasteiger partial charge in [-0.05, 0) is 0 Å². The van der Waals surface area contributed by atoms with Crippen LogP contribution in [-0.2, 0) is 21.1 Å². The molecule has 0 amide bonds. The summed E-state index contributed by atoms with van der Waals surface area (Å²) in [5.41, 5.74) is 5.75. The smallest absolute Gasteiger partial charge is 0 e. The number of hydrogen-bond acceptors (Lipinski definition) is 1. The Balaban J connectivity index is -0.0000000267. The van der Waals surface area contributed by atoms with E-state index >= 15 is 0 Å². The van der Waals surface area contributed by atoms with Gasteiger partial charge in [0, 0.05) is 21.1 Å². The first-order valence-corrected chi connectivity index (χ1v) is 4.02. The van der Waals surface area contributed by atoms with Crippen molar-refractivity contribution < 1.29 is 21.1 Å². The van der Waals surface area contributed by atoms with Crippen molar-refractivity contribution in [2.45, 2.75) is 27.2 Å². The molecule has 0 spiro atoms. The van der Waals surface area contributed by atoms with Crippen LogP contribution in [0, 0.1) is 31.8 Å². The van der Waals surface area contributed by atoms with Crippen LogP contribution in [-0.4, -0.2) is 0 Å². The molecule has 1 rings (SSSR count). The molecule has 0 fully saturated rings. The molecule has 1 aliphatic carbocycles. The van der Waals surface area contributed by atoms with Crippen LogP contribution < -0.4 is 0 Å². The second-order valence-corrected chi connectivity index (χ2v) is 1.00. The zero-order chi connectivity index (χ0) is 11.5. The summed E-state index contributed by atoms with van der Waals surface area (Å²) in [6.07, 6.45) is 10.0. The second-order valence-electron chi connectivity index (χ2n) is 1.00. The molecular weight excluding hydrogens is 346 g/mol. The van der Waals surface area contributed by atoms with Crippen molar-refractivity contribution in [1.29, 1.82) is 0 Å². The molecule has 0 atom stereocenters. The Morgan fingerprint density at radius 3 is 1.50 bits per heavy atom. The van der Waals surface area contributed by atoms with Gasteiger partial charge in [-0.25, -0.2) is 12.2 Å². The first kappa shape index (κ1) is 29.2. The third-order valence-corrected chi connectivity index (χ3v) is 0.586. The Labute approximate surface area is 104 Å². The van der Waals surface area contributed by atoms with Crippen molar-refractivity contribution in [2.24, 2.45) is 0 Å². The predicted octanol–water partition coefficient (Wildman–Crippen LogP) is 4.15. The van der Waals surface area contributed by atoms with Crippen LogP contribution in [0.3, 0.4) is 0 Å². The average molecular weight is 366 g/mol. The molecule has 0 saturated carbocycles. The van der Waals surface area contributed by atoms with Gasteiger partial charge in [0.15, 0.2) is 0 Å². The van der Waals surface area contributed by atoms with Crippen molar-refractivity contribution in [3.8, 4) is 0 Å². The standard InChI is InChI=1S/C5H5.3C2H5.NO.W/c1-2-4-5-3-1;4*1-2;/h1-3H,4H2;3*1H2,2H3;;/q5*-1;. The van der Waals surface area contributed by atoms with Crippen LogP contribution in [0.1, 0.15) is 27.2 Å². The molecule has 3 heteroatoms. The van der Waals surface area contributed by atoms with E-state index in [9.17, 15) is 0 Å². The Kier molecular flexibility index (Phi) is 162. The van der Waals surface area contributed by atoms with Gasteiger partial charge in [-0.2, -0.15) is 26.8 Å². The van der Waals surface area contributed by atoms with Gasteiger partial charge in [0.2, 0.25) is 0 Å². The third-order valence-electron chi connectivity index (χ3n) is 0.586. The van der Waals surface area contributed by atoms with Crippen LogP contribution in [0.4, 0.5) is 0 Å². The minimum Gasteiger partial charge on any atom is -0.577 e. The Morgan fingerprint density at radius 2 is 1.43 bits per heavy atom. The van der Waals surface area contributed by atoms with Gasteiger partial charge in [-0.1, -0.05) is 0 Å². The molecule has 0 aromatic heterocycles. The van der Waals surface area contributed by atoms with Crippen molar-refractivity contribution >= 4 is 0 Å². The molecule has 86 valence electrons. The molecular formula is C11H20NOW-5. The summed E-state index contributed by atoms with van der Waals surface area (Å²) in [6.45, 7) is 15.0. The molecule has 0 N–H and O–H groups in total. The number of hydrogen-bond donors (Lipinski definition) is 0. The van der Waals surface area contributed by atoms with Gasteiger partial charge < -0.3 is 31.3 Å². The van der Waals surface area contributed by atoms with Crippen LogP contribution in [0.25, 0.3) is 5.59 Å². The predicted molar refractivity (Wildman–Crippen MR) is 61.4 cm³/mol. The van der Waals surface area contributed by atoms with Gasteiger partial charge in [-0.3, -0.25) is 6.08 Å². The first-order chi connectivity index (χ1) is 6.50. The minimum absolute atomic E-state index is 0. The summed E-state index contributed by atoms with van der Waals surface area (Å²) in [4.78, 5) is 7.25. The Bertz CT molecular complexity index is 83.3. The van der Waals surface area contributed by atoms with E-state index in [0.29, 0.717) is 0 Å². The monoisotopic (exact) mass is 366 g/mol. The summed E-state index contributed by atoms with van der Waals surface area (Å²) >= 11 is 0. The average Bonchev–Trinajstić information content (AvgIpc) is 2.87. The van der Waals surface area contributed by atoms with E-state index in [1.54, 1.807) is 20.8 Å². The molecule has 0 saturated heterocycles. The summed E-state index contributed by atoms with van der Waals surface area (Å²) < 4.78 is 0. The van der Waals surface area contributed by atoms with Crippen molar-refractivity contribution in [2.75, 3.05) is 0 Å². The van der Waals surface area contributed by atoms with Gasteiger partial charge in [-0.15, -0.1) is 6.42 Å². The number of nitrogens with zero attached hydrogens (tertiary/aromatic N) is 1. The van der Waals surface area contributed by atoms with E-state index in [0.717, 1.165) is 6.42 Å². The molecule has 0 aliphatic heterocycles. The van der Waals surface area contributed by atoms with Crippen LogP contribution in [0.15, 0.2) is 18.2 Å². The Morgan fingerprint density at radius 1 is 1.07 bits per heavy atom. The normalized spacial score (nSPS) is 7.86. The van der Waals surface area contributed by atoms with Crippen molar-refractivity contribution in [3.05, 3.63) is 55.6 Å². The SMILES string of the molecule is [C-]1=CC=CC1.[CH2-]C.[CH2-]C.[CH2-]C.[N-]=O.[W]. The van der Waals surface area contributed by atoms with E-state index in [-0.39, 0.29) is 21.1 Å². The maximum absolute atomic E-state index is 7.25. The maximum atomic E-state index is 7.25. The molecule has 0 unspecified atom stereocenters. The number of nitroso groups, excluding NO2 is 1. The van der Waals surface area contributed by atoms with Gasteiger partial charge in [0.1, 0.15) is 0 Å². The largest absolute Gasteiger partial charge is 0.577 e. The molecule has 1 aliphatic rings. The summed E-state index contributed by atoms with van der Waals surface area (Å²) in [6, 6.07) is 0. The molecule has 14 heavy (non-hydrogen) atoms. The molecule has 0 heterocycles. The van der Waals surface area contributed by atoms with Gasteiger partial charge >= 0.3 is 0 Å². The topological polar surface area (TPSA) is 39.4 Å². The third kappa shape index (κ3) is 60.0.